The topological polar surface area (TPSA) is 115 Å². The van der Waals surface area contributed by atoms with E-state index >= 15 is 0 Å². The molecule has 310 valence electrons. The summed E-state index contributed by atoms with van der Waals surface area (Å²) in [4.78, 5) is 43.8. The summed E-state index contributed by atoms with van der Waals surface area (Å²) in [5.74, 6) is -3.12. The maximum atomic E-state index is 14.6. The van der Waals surface area contributed by atoms with Crippen LogP contribution >= 0.6 is 24.4 Å². The summed E-state index contributed by atoms with van der Waals surface area (Å²) in [6.45, 7) is -4.36. The fourth-order valence-electron chi connectivity index (χ4n) is 9.76. The Morgan fingerprint density at radius 1 is 0.460 bits per heavy atom. The molecule has 6 aromatic rings. The van der Waals surface area contributed by atoms with E-state index in [-0.39, 0.29) is 37.6 Å². The highest BCUT2D eigenvalue weighted by Crippen LogP contribution is 2.47. The zero-order valence-corrected chi connectivity index (χ0v) is 36.3. The van der Waals surface area contributed by atoms with Crippen molar-refractivity contribution in [2.24, 2.45) is 0 Å². The zero-order chi connectivity index (χ0) is 43.5. The van der Waals surface area contributed by atoms with Gasteiger partial charge in [0.15, 0.2) is 0 Å². The molecule has 9 rings (SSSR count). The van der Waals surface area contributed by atoms with Crippen molar-refractivity contribution in [1.82, 2.24) is 15.1 Å². The van der Waals surface area contributed by atoms with Crippen LogP contribution < -0.4 is 15.1 Å². The number of ether oxygens (including phenoxy) is 3. The number of hydrogen-bond donors (Lipinski definition) is 3. The molecule has 0 saturated heterocycles. The summed E-state index contributed by atoms with van der Waals surface area (Å²) in [5, 5.41) is 5.86. The largest absolute Gasteiger partial charge is 0.719 e. The number of hydrogen-bond acceptors (Lipinski definition) is 10. The molecule has 0 aliphatic heterocycles. The van der Waals surface area contributed by atoms with Crippen molar-refractivity contribution in [2.45, 2.75) is 23.4 Å². The van der Waals surface area contributed by atoms with Crippen molar-refractivity contribution >= 4 is 86.4 Å². The molecule has 0 fully saturated rings. The Hall–Kier alpha value is -5.99. The fraction of sp³-hybridized carbons (Fsp3) is 0.146. The van der Waals surface area contributed by atoms with Gasteiger partial charge in [0.1, 0.15) is 19.8 Å². The highest BCUT2D eigenvalue weighted by Gasteiger charge is 2.55. The first-order chi connectivity index (χ1) is 30.9. The van der Waals surface area contributed by atoms with Gasteiger partial charge in [-0.15, -0.1) is 0 Å². The van der Waals surface area contributed by atoms with Gasteiger partial charge in [-0.3, -0.25) is 14.4 Å². The molecule has 3 aliphatic carbocycles. The maximum Gasteiger partial charge on any atom is 0.379 e. The van der Waals surface area contributed by atoms with Gasteiger partial charge in [0.2, 0.25) is 0 Å². The fourth-order valence-corrected chi connectivity index (χ4v) is 10.3. The lowest BCUT2D eigenvalue weighted by Gasteiger charge is -2.32. The highest BCUT2D eigenvalue weighted by atomic mass is 32.1. The smallest absolute Gasteiger partial charge is 0.379 e. The van der Waals surface area contributed by atoms with Gasteiger partial charge in [-0.2, -0.15) is 0 Å². The van der Waals surface area contributed by atoms with Crippen LogP contribution in [0.4, 0.5) is 14.4 Å². The summed E-state index contributed by atoms with van der Waals surface area (Å²) in [5.41, 5.74) is 13.4. The van der Waals surface area contributed by atoms with E-state index in [1.165, 1.54) is 0 Å². The van der Waals surface area contributed by atoms with E-state index in [4.69, 9.17) is 51.5 Å². The molecule has 0 unspecified atom stereocenters. The second kappa shape index (κ2) is 18.8. The van der Waals surface area contributed by atoms with E-state index in [1.807, 2.05) is 146 Å². The van der Waals surface area contributed by atoms with Crippen molar-refractivity contribution in [1.29, 1.82) is 0 Å². The van der Waals surface area contributed by atoms with E-state index in [0.29, 0.717) is 0 Å². The number of fused-ring (bicyclic) bond motifs is 9. The monoisotopic (exact) mass is 882 g/mol. The van der Waals surface area contributed by atoms with Crippen LogP contribution in [0.2, 0.25) is 5.62 Å². The van der Waals surface area contributed by atoms with Crippen LogP contribution in [-0.4, -0.2) is 69.0 Å². The molecule has 0 amide bonds. The second-order valence-corrected chi connectivity index (χ2v) is 16.5. The quantitative estimate of drug-likeness (QED) is 0.0352. The molecule has 0 spiro atoms. The first-order valence-electron chi connectivity index (χ1n) is 20.7. The van der Waals surface area contributed by atoms with Crippen LogP contribution in [0.3, 0.4) is 0 Å². The normalized spacial score (nSPS) is 13.0. The van der Waals surface area contributed by atoms with Crippen LogP contribution in [0, 0.1) is 0 Å². The average Bonchev–Trinajstić information content (AvgIpc) is 3.95. The average molecular weight is 882 g/mol. The first kappa shape index (κ1) is 42.3. The lowest BCUT2D eigenvalue weighted by molar-refractivity contribution is 0.167. The molecule has 3 aliphatic rings. The number of rotatable bonds is 17. The summed E-state index contributed by atoms with van der Waals surface area (Å²) in [6, 6.07) is 48.0. The second-order valence-electron chi connectivity index (χ2n) is 15.8. The third-order valence-corrected chi connectivity index (χ3v) is 13.1. The van der Waals surface area contributed by atoms with Crippen molar-refractivity contribution in [2.75, 3.05) is 19.8 Å². The summed E-state index contributed by atoms with van der Waals surface area (Å²) < 4.78 is 21.1. The maximum absolute atomic E-state index is 14.6. The van der Waals surface area contributed by atoms with Crippen LogP contribution in [0.25, 0.3) is 33.4 Å². The van der Waals surface area contributed by atoms with Gasteiger partial charge in [0, 0.05) is 28.7 Å². The minimum atomic E-state index is -1.45. The van der Waals surface area contributed by atoms with E-state index in [2.05, 4.69) is 15.1 Å². The molecule has 3 N–H and O–H groups in total. The van der Waals surface area contributed by atoms with Gasteiger partial charge in [-0.05, 0) is 72.4 Å². The Kier molecular flexibility index (Phi) is 12.6. The summed E-state index contributed by atoms with van der Waals surface area (Å²) >= 11 is 16.1. The molecule has 63 heavy (non-hydrogen) atoms. The predicted molar refractivity (Wildman–Crippen MR) is 260 cm³/mol. The number of carbonyl (C=O) groups excluding carboxylic acids is 3. The molecular weight excluding hydrogens is 843 g/mol. The van der Waals surface area contributed by atoms with E-state index < -0.39 is 43.8 Å². The van der Waals surface area contributed by atoms with Crippen molar-refractivity contribution in [3.8, 4) is 33.4 Å². The Balaban J connectivity index is 1.02. The van der Waals surface area contributed by atoms with Crippen molar-refractivity contribution in [3.63, 3.8) is 0 Å². The van der Waals surface area contributed by atoms with E-state index in [0.717, 1.165) is 77.7 Å². The van der Waals surface area contributed by atoms with Crippen molar-refractivity contribution < 1.29 is 28.6 Å². The first-order valence-corrected chi connectivity index (χ1v) is 22.1. The third kappa shape index (κ3) is 7.99. The number of carbonyl (C=O) groups is 3. The zero-order valence-electron chi connectivity index (χ0n) is 33.8. The minimum absolute atomic E-state index is 0.0255. The lowest BCUT2D eigenvalue weighted by Crippen LogP contribution is -2.66. The Morgan fingerprint density at radius 3 is 0.937 bits per heavy atom. The summed E-state index contributed by atoms with van der Waals surface area (Å²) in [7, 11) is 0. The molecule has 6 aromatic carbocycles. The number of thiocarbonyl (C=S) groups is 2. The molecular formula is C48H39B3N3O6S3-. The van der Waals surface area contributed by atoms with Crippen LogP contribution in [-0.2, 0) is 27.0 Å². The Morgan fingerprint density at radius 2 is 0.698 bits per heavy atom. The summed E-state index contributed by atoms with van der Waals surface area (Å²) in [6.07, 6.45) is 0. The molecule has 0 radical (unpaired) electrons. The highest BCUT2D eigenvalue weighted by molar-refractivity contribution is 7.79. The molecule has 0 atom stereocenters. The SMILES string of the molecule is O=C(OCC1c2ccccc2-c2ccccc21)B(N[S-])C(B(NC=S)C(=O)OCC1c2ccccc2-c2ccccc21)B(NC=S)C(=O)OCC1c2ccccc2-c2ccccc21. The van der Waals surface area contributed by atoms with Gasteiger partial charge < -0.3 is 42.1 Å². The third-order valence-electron chi connectivity index (χ3n) is 12.6. The number of benzene rings is 6. The molecule has 0 bridgehead atoms. The van der Waals surface area contributed by atoms with E-state index in [1.54, 1.807) is 0 Å². The van der Waals surface area contributed by atoms with Gasteiger partial charge in [0.05, 0.1) is 0 Å². The molecule has 9 nitrogen and oxygen atoms in total. The molecule has 0 aromatic heterocycles. The standard InChI is InChI=1S/C48H39B3N3O6S3/c55-46(58-25-42-36-19-7-1-13-30(36)31-14-2-8-20-37(31)42)49(52-28-61)45(51(54-63)48(57)60-27-44-40-23-11-5-17-34(40)35-18-6-12-24-41(35)44)50(53-29-62)47(56)59-26-43-38-21-9-3-15-32(38)33-16-4-10-22-39(33)43/h1-24,28-29,42-45,54H,25-27H2,(H,52,61)(H,53,62)/q-1. The Bertz CT molecular complexity index is 2480. The van der Waals surface area contributed by atoms with Crippen LogP contribution in [0.15, 0.2) is 146 Å². The van der Waals surface area contributed by atoms with Gasteiger partial charge in [0.25, 0.3) is 17.6 Å². The molecule has 0 heterocycles. The predicted octanol–water partition coefficient (Wildman–Crippen LogP) is 9.15. The lowest BCUT2D eigenvalue weighted by atomic mass is 9.16. The Labute approximate surface area is 383 Å². The molecule has 15 heteroatoms. The van der Waals surface area contributed by atoms with E-state index in [9.17, 15) is 14.4 Å². The van der Waals surface area contributed by atoms with Gasteiger partial charge in [-0.25, -0.2) is 0 Å². The van der Waals surface area contributed by atoms with Gasteiger partial charge >= 0.3 is 20.5 Å². The minimum Gasteiger partial charge on any atom is -0.719 e. The van der Waals surface area contributed by atoms with Gasteiger partial charge in [-0.1, -0.05) is 170 Å². The van der Waals surface area contributed by atoms with Crippen LogP contribution in [0.1, 0.15) is 51.1 Å². The van der Waals surface area contributed by atoms with Crippen molar-refractivity contribution in [3.05, 3.63) is 179 Å². The number of nitrogens with one attached hydrogen (secondary N) is 3. The van der Waals surface area contributed by atoms with Crippen LogP contribution in [0.5, 0.6) is 0 Å². The molecule has 0 saturated carbocycles.